The molecule has 2 aliphatic heterocycles. The maximum atomic E-state index is 12.2. The first kappa shape index (κ1) is 14.1. The fourth-order valence-electron chi connectivity index (χ4n) is 3.16. The molecule has 0 amide bonds. The van der Waals surface area contributed by atoms with Crippen molar-refractivity contribution in [2.75, 3.05) is 7.11 Å². The third-order valence-corrected chi connectivity index (χ3v) is 4.18. The molecule has 0 N–H and O–H groups in total. The molecule has 112 valence electrons. The van der Waals surface area contributed by atoms with E-state index in [1.165, 1.54) is 7.11 Å². The minimum Gasteiger partial charge on any atom is -0.469 e. The number of methoxy groups -OCH3 is 1. The summed E-state index contributed by atoms with van der Waals surface area (Å²) in [5.74, 6) is -1.30. The fourth-order valence-corrected chi connectivity index (χ4v) is 3.16. The Morgan fingerprint density at radius 2 is 1.95 bits per heavy atom. The van der Waals surface area contributed by atoms with E-state index in [-0.39, 0.29) is 18.2 Å². The first-order valence-electron chi connectivity index (χ1n) is 7.18. The van der Waals surface area contributed by atoms with Gasteiger partial charge in [-0.25, -0.2) is 4.79 Å². The molecule has 2 fully saturated rings. The van der Waals surface area contributed by atoms with Gasteiger partial charge in [0, 0.05) is 6.42 Å². The van der Waals surface area contributed by atoms with Crippen LogP contribution in [-0.2, 0) is 19.0 Å². The lowest BCUT2D eigenvalue weighted by atomic mass is 9.92. The lowest BCUT2D eigenvalue weighted by molar-refractivity contribution is -0.166. The molecule has 5 nitrogen and oxygen atoms in total. The van der Waals surface area contributed by atoms with E-state index in [2.05, 4.69) is 0 Å². The summed E-state index contributed by atoms with van der Waals surface area (Å²) in [6.07, 6.45) is 1.65. The molecule has 2 aliphatic rings. The standard InChI is InChI=1S/C16H18O5/c1-19-16(18)14-12-8-7-11(20-12)9-13(14)21-15(17)10-5-3-2-4-6-10/h2-6,11-14H,7-9H2,1H3/t11-,12+,13-,14-/m0/s1. The zero-order valence-electron chi connectivity index (χ0n) is 11.9. The SMILES string of the molecule is COC(=O)[C@@H]1[C@@H](OC(=O)c2ccccc2)C[C@@H]2CC[C@H]1O2. The van der Waals surface area contributed by atoms with Crippen LogP contribution >= 0.6 is 0 Å². The molecule has 3 rings (SSSR count). The number of esters is 2. The fraction of sp³-hybridized carbons (Fsp3) is 0.500. The average Bonchev–Trinajstić information content (AvgIpc) is 2.89. The highest BCUT2D eigenvalue weighted by Crippen LogP contribution is 2.38. The molecule has 0 radical (unpaired) electrons. The molecule has 0 spiro atoms. The molecule has 2 bridgehead atoms. The summed E-state index contributed by atoms with van der Waals surface area (Å²) in [4.78, 5) is 24.2. The lowest BCUT2D eigenvalue weighted by Crippen LogP contribution is -2.46. The maximum absolute atomic E-state index is 12.2. The highest BCUT2D eigenvalue weighted by molar-refractivity contribution is 5.89. The van der Waals surface area contributed by atoms with Gasteiger partial charge < -0.3 is 14.2 Å². The van der Waals surface area contributed by atoms with Crippen LogP contribution in [0.5, 0.6) is 0 Å². The summed E-state index contributed by atoms with van der Waals surface area (Å²) in [5.41, 5.74) is 0.486. The van der Waals surface area contributed by atoms with E-state index in [0.29, 0.717) is 12.0 Å². The molecule has 4 atom stereocenters. The molecular formula is C16H18O5. The quantitative estimate of drug-likeness (QED) is 0.796. The predicted octanol–water partition coefficient (Wildman–Crippen LogP) is 1.95. The molecule has 5 heteroatoms. The van der Waals surface area contributed by atoms with Gasteiger partial charge in [-0.3, -0.25) is 4.79 Å². The zero-order chi connectivity index (χ0) is 14.8. The molecule has 1 aromatic rings. The van der Waals surface area contributed by atoms with Gasteiger partial charge in [0.25, 0.3) is 0 Å². The summed E-state index contributed by atoms with van der Waals surface area (Å²) in [5, 5.41) is 0. The van der Waals surface area contributed by atoms with E-state index in [4.69, 9.17) is 14.2 Å². The Kier molecular flexibility index (Phi) is 3.92. The molecule has 2 heterocycles. The van der Waals surface area contributed by atoms with Crippen molar-refractivity contribution in [3.8, 4) is 0 Å². The van der Waals surface area contributed by atoms with Crippen molar-refractivity contribution in [2.45, 2.75) is 37.6 Å². The van der Waals surface area contributed by atoms with Crippen LogP contribution in [0.3, 0.4) is 0 Å². The summed E-state index contributed by atoms with van der Waals surface area (Å²) < 4.78 is 16.2. The van der Waals surface area contributed by atoms with Gasteiger partial charge in [0.05, 0.1) is 24.9 Å². The number of fused-ring (bicyclic) bond motifs is 2. The number of rotatable bonds is 3. The Bertz CT molecular complexity index is 527. The van der Waals surface area contributed by atoms with Gasteiger partial charge in [-0.2, -0.15) is 0 Å². The van der Waals surface area contributed by atoms with Gasteiger partial charge >= 0.3 is 11.9 Å². The smallest absolute Gasteiger partial charge is 0.338 e. The molecule has 0 unspecified atom stereocenters. The predicted molar refractivity (Wildman–Crippen MR) is 73.7 cm³/mol. The van der Waals surface area contributed by atoms with E-state index in [0.717, 1.165) is 12.8 Å². The van der Waals surface area contributed by atoms with Gasteiger partial charge in [0.1, 0.15) is 12.0 Å². The van der Waals surface area contributed by atoms with E-state index in [9.17, 15) is 9.59 Å². The van der Waals surface area contributed by atoms with Gasteiger partial charge in [0.15, 0.2) is 0 Å². The van der Waals surface area contributed by atoms with E-state index in [1.807, 2.05) is 6.07 Å². The van der Waals surface area contributed by atoms with E-state index < -0.39 is 18.0 Å². The van der Waals surface area contributed by atoms with Crippen LogP contribution in [0.2, 0.25) is 0 Å². The molecule has 21 heavy (non-hydrogen) atoms. The normalized spacial score (nSPS) is 30.7. The van der Waals surface area contributed by atoms with Gasteiger partial charge in [-0.05, 0) is 25.0 Å². The van der Waals surface area contributed by atoms with Crippen molar-refractivity contribution >= 4 is 11.9 Å². The molecule has 2 saturated heterocycles. The first-order chi connectivity index (χ1) is 10.2. The second-order valence-corrected chi connectivity index (χ2v) is 5.47. The lowest BCUT2D eigenvalue weighted by Gasteiger charge is -2.34. The molecule has 0 saturated carbocycles. The Labute approximate surface area is 123 Å². The van der Waals surface area contributed by atoms with Crippen molar-refractivity contribution in [1.29, 1.82) is 0 Å². The van der Waals surface area contributed by atoms with Crippen molar-refractivity contribution in [3.05, 3.63) is 35.9 Å². The van der Waals surface area contributed by atoms with Crippen molar-refractivity contribution in [3.63, 3.8) is 0 Å². The van der Waals surface area contributed by atoms with Crippen LogP contribution in [-0.4, -0.2) is 37.4 Å². The van der Waals surface area contributed by atoms with Crippen LogP contribution in [0.4, 0.5) is 0 Å². The van der Waals surface area contributed by atoms with Gasteiger partial charge in [-0.1, -0.05) is 18.2 Å². The van der Waals surface area contributed by atoms with Gasteiger partial charge in [0.2, 0.25) is 0 Å². The van der Waals surface area contributed by atoms with E-state index in [1.54, 1.807) is 24.3 Å². The van der Waals surface area contributed by atoms with Crippen LogP contribution in [0, 0.1) is 5.92 Å². The summed E-state index contributed by atoms with van der Waals surface area (Å²) in [6.45, 7) is 0. The Hall–Kier alpha value is -1.88. The van der Waals surface area contributed by atoms with Crippen LogP contribution in [0.25, 0.3) is 0 Å². The number of benzene rings is 1. The van der Waals surface area contributed by atoms with Crippen molar-refractivity contribution in [2.24, 2.45) is 5.92 Å². The topological polar surface area (TPSA) is 61.8 Å². The van der Waals surface area contributed by atoms with Crippen LogP contribution < -0.4 is 0 Å². The molecule has 1 aromatic carbocycles. The van der Waals surface area contributed by atoms with E-state index >= 15 is 0 Å². The second-order valence-electron chi connectivity index (χ2n) is 5.47. The third-order valence-electron chi connectivity index (χ3n) is 4.18. The number of ether oxygens (including phenoxy) is 3. The Balaban J connectivity index is 1.76. The Morgan fingerprint density at radius 3 is 2.67 bits per heavy atom. The molecule has 0 aromatic heterocycles. The van der Waals surface area contributed by atoms with Crippen molar-refractivity contribution in [1.82, 2.24) is 0 Å². The number of hydrogen-bond acceptors (Lipinski definition) is 5. The number of hydrogen-bond donors (Lipinski definition) is 0. The summed E-state index contributed by atoms with van der Waals surface area (Å²) in [6, 6.07) is 8.79. The first-order valence-corrected chi connectivity index (χ1v) is 7.18. The third kappa shape index (κ3) is 2.78. The minimum absolute atomic E-state index is 0.0736. The number of carbonyl (C=O) groups excluding carboxylic acids is 2. The van der Waals surface area contributed by atoms with Crippen LogP contribution in [0.1, 0.15) is 29.6 Å². The van der Waals surface area contributed by atoms with Crippen molar-refractivity contribution < 1.29 is 23.8 Å². The van der Waals surface area contributed by atoms with Crippen LogP contribution in [0.15, 0.2) is 30.3 Å². The van der Waals surface area contributed by atoms with Gasteiger partial charge in [-0.15, -0.1) is 0 Å². The molecule has 0 aliphatic carbocycles. The largest absolute Gasteiger partial charge is 0.469 e. The molecular weight excluding hydrogens is 272 g/mol. The Morgan fingerprint density at radius 1 is 1.19 bits per heavy atom. The summed E-state index contributed by atoms with van der Waals surface area (Å²) >= 11 is 0. The average molecular weight is 290 g/mol. The minimum atomic E-state index is -0.526. The zero-order valence-corrected chi connectivity index (χ0v) is 11.9. The highest BCUT2D eigenvalue weighted by atomic mass is 16.6. The summed E-state index contributed by atoms with van der Waals surface area (Å²) in [7, 11) is 1.35. The highest BCUT2D eigenvalue weighted by Gasteiger charge is 2.49. The number of carbonyl (C=O) groups is 2. The maximum Gasteiger partial charge on any atom is 0.338 e. The monoisotopic (exact) mass is 290 g/mol. The second kappa shape index (κ2) is 5.85.